The summed E-state index contributed by atoms with van der Waals surface area (Å²) in [4.78, 5) is 0. The van der Waals surface area contributed by atoms with E-state index in [1.807, 2.05) is 19.1 Å². The fourth-order valence-electron chi connectivity index (χ4n) is 2.12. The summed E-state index contributed by atoms with van der Waals surface area (Å²) in [5.74, 6) is 1.20. The lowest BCUT2D eigenvalue weighted by atomic mass is 9.73. The minimum absolute atomic E-state index is 0.0781. The molecule has 17 heavy (non-hydrogen) atoms. The number of hydrogen-bond acceptors (Lipinski definition) is 1. The topological polar surface area (TPSA) is 0 Å². The molecular formula is C16H22S. The monoisotopic (exact) mass is 246 g/mol. The Balaban J connectivity index is 3.20. The molecule has 1 heteroatoms. The molecule has 0 aliphatic heterocycles. The third-order valence-electron chi connectivity index (χ3n) is 3.26. The zero-order valence-electron chi connectivity index (χ0n) is 11.2. The molecule has 92 valence electrons. The van der Waals surface area contributed by atoms with Crippen LogP contribution in [-0.4, -0.2) is 5.75 Å². The Labute approximate surface area is 111 Å². The summed E-state index contributed by atoms with van der Waals surface area (Å²) >= 11 is 4.44. The lowest BCUT2D eigenvalue weighted by Gasteiger charge is -2.32. The highest BCUT2D eigenvalue weighted by molar-refractivity contribution is 7.80. The summed E-state index contributed by atoms with van der Waals surface area (Å²) < 4.78 is 0. The van der Waals surface area contributed by atoms with Crippen LogP contribution in [0.25, 0.3) is 0 Å². The van der Waals surface area contributed by atoms with Gasteiger partial charge in [0.2, 0.25) is 0 Å². The number of hydrogen-bond donors (Lipinski definition) is 1. The van der Waals surface area contributed by atoms with Crippen molar-refractivity contribution >= 4 is 12.6 Å². The molecule has 1 unspecified atom stereocenters. The summed E-state index contributed by atoms with van der Waals surface area (Å²) in [5, 5.41) is 0. The first-order chi connectivity index (χ1) is 7.94. The molecule has 0 saturated heterocycles. The zero-order valence-corrected chi connectivity index (χ0v) is 12.1. The van der Waals surface area contributed by atoms with Crippen LogP contribution in [0, 0.1) is 11.3 Å². The third kappa shape index (κ3) is 3.06. The van der Waals surface area contributed by atoms with Gasteiger partial charge in [-0.15, -0.1) is 5.73 Å². The molecule has 1 atom stereocenters. The highest BCUT2D eigenvalue weighted by atomic mass is 32.1. The van der Waals surface area contributed by atoms with Crippen LogP contribution < -0.4 is 0 Å². The van der Waals surface area contributed by atoms with Gasteiger partial charge < -0.3 is 0 Å². The maximum atomic E-state index is 4.44. The summed E-state index contributed by atoms with van der Waals surface area (Å²) in [6.07, 6.45) is 8.26. The molecule has 1 aliphatic carbocycles. The molecule has 0 fully saturated rings. The van der Waals surface area contributed by atoms with Crippen molar-refractivity contribution in [1.29, 1.82) is 0 Å². The summed E-state index contributed by atoms with van der Waals surface area (Å²) in [6.45, 7) is 12.8. The van der Waals surface area contributed by atoms with Crippen LogP contribution in [0.15, 0.2) is 53.3 Å². The van der Waals surface area contributed by atoms with Gasteiger partial charge >= 0.3 is 0 Å². The van der Waals surface area contributed by atoms with E-state index in [0.29, 0.717) is 5.92 Å². The molecule has 0 saturated carbocycles. The van der Waals surface area contributed by atoms with Crippen molar-refractivity contribution in [2.45, 2.75) is 27.7 Å². The largest absolute Gasteiger partial charge is 0.178 e. The summed E-state index contributed by atoms with van der Waals surface area (Å²) in [7, 11) is 0. The highest BCUT2D eigenvalue weighted by Crippen LogP contribution is 2.40. The van der Waals surface area contributed by atoms with Crippen molar-refractivity contribution in [3.8, 4) is 0 Å². The SMILES string of the molecule is C=C1C=C=C(C(C)(C)CS)C(C)C1=CC=CC. The summed E-state index contributed by atoms with van der Waals surface area (Å²) in [6, 6.07) is 0. The van der Waals surface area contributed by atoms with Crippen LogP contribution in [0.3, 0.4) is 0 Å². The first-order valence-electron chi connectivity index (χ1n) is 6.04. The molecular weight excluding hydrogens is 224 g/mol. The van der Waals surface area contributed by atoms with E-state index in [4.69, 9.17) is 0 Å². The molecule has 1 rings (SSSR count). The first-order valence-corrected chi connectivity index (χ1v) is 6.67. The molecule has 0 spiro atoms. The van der Waals surface area contributed by atoms with Gasteiger partial charge in [0.1, 0.15) is 0 Å². The predicted octanol–water partition coefficient (Wildman–Crippen LogP) is 4.73. The van der Waals surface area contributed by atoms with Crippen LogP contribution in [0.1, 0.15) is 27.7 Å². The van der Waals surface area contributed by atoms with E-state index in [0.717, 1.165) is 11.3 Å². The normalized spacial score (nSPS) is 23.6. The number of rotatable bonds is 3. The van der Waals surface area contributed by atoms with E-state index < -0.39 is 0 Å². The van der Waals surface area contributed by atoms with E-state index in [1.165, 1.54) is 11.1 Å². The van der Waals surface area contributed by atoms with Crippen molar-refractivity contribution in [2.75, 3.05) is 5.75 Å². The lowest BCUT2D eigenvalue weighted by molar-refractivity contribution is 0.467. The quantitative estimate of drug-likeness (QED) is 0.540. The van der Waals surface area contributed by atoms with E-state index in [9.17, 15) is 0 Å². The second-order valence-corrected chi connectivity index (χ2v) is 5.46. The van der Waals surface area contributed by atoms with Gasteiger partial charge in [-0.05, 0) is 35.5 Å². The van der Waals surface area contributed by atoms with Gasteiger partial charge in [-0.3, -0.25) is 0 Å². The average molecular weight is 246 g/mol. The van der Waals surface area contributed by atoms with Crippen LogP contribution in [0.4, 0.5) is 0 Å². The van der Waals surface area contributed by atoms with Gasteiger partial charge in [-0.2, -0.15) is 12.6 Å². The van der Waals surface area contributed by atoms with Crippen LogP contribution in [0.2, 0.25) is 0 Å². The third-order valence-corrected chi connectivity index (χ3v) is 4.06. The lowest BCUT2D eigenvalue weighted by Crippen LogP contribution is -2.24. The number of allylic oxidation sites excluding steroid dienone is 6. The second-order valence-electron chi connectivity index (χ2n) is 5.14. The zero-order chi connectivity index (χ0) is 13.1. The maximum absolute atomic E-state index is 4.44. The van der Waals surface area contributed by atoms with E-state index in [1.54, 1.807) is 0 Å². The van der Waals surface area contributed by atoms with Crippen molar-refractivity contribution in [3.05, 3.63) is 53.3 Å². The molecule has 0 aromatic rings. The van der Waals surface area contributed by atoms with Crippen molar-refractivity contribution in [2.24, 2.45) is 11.3 Å². The Morgan fingerprint density at radius 1 is 1.53 bits per heavy atom. The Bertz CT molecular complexity index is 426. The Kier molecular flexibility index (Phi) is 4.68. The molecule has 0 radical (unpaired) electrons. The Morgan fingerprint density at radius 3 is 2.71 bits per heavy atom. The fraction of sp³-hybridized carbons (Fsp3) is 0.438. The van der Waals surface area contributed by atoms with Crippen LogP contribution in [-0.2, 0) is 0 Å². The average Bonchev–Trinajstić information content (AvgIpc) is 2.28. The van der Waals surface area contributed by atoms with Crippen molar-refractivity contribution < 1.29 is 0 Å². The van der Waals surface area contributed by atoms with Gasteiger partial charge in [0.05, 0.1) is 0 Å². The van der Waals surface area contributed by atoms with Crippen molar-refractivity contribution in [3.63, 3.8) is 0 Å². The molecule has 0 amide bonds. The van der Waals surface area contributed by atoms with E-state index in [2.05, 4.69) is 57.9 Å². The van der Waals surface area contributed by atoms with Gasteiger partial charge in [0, 0.05) is 11.3 Å². The molecule has 0 aromatic carbocycles. The maximum Gasteiger partial charge on any atom is 0.0107 e. The van der Waals surface area contributed by atoms with Gasteiger partial charge in [0.15, 0.2) is 0 Å². The summed E-state index contributed by atoms with van der Waals surface area (Å²) in [5.41, 5.74) is 7.14. The highest BCUT2D eigenvalue weighted by Gasteiger charge is 2.29. The number of thiol groups is 1. The molecule has 0 N–H and O–H groups in total. The fourth-order valence-corrected chi connectivity index (χ4v) is 2.30. The standard InChI is InChI=1S/C16H22S/c1-6-7-8-14-12(2)9-10-15(13(14)3)16(4,5)11-17/h6-9,13,17H,2,11H2,1,3-5H3. The molecule has 0 aromatic heterocycles. The van der Waals surface area contributed by atoms with Crippen LogP contribution >= 0.6 is 12.6 Å². The molecule has 0 bridgehead atoms. The molecule has 0 heterocycles. The second kappa shape index (κ2) is 5.62. The Morgan fingerprint density at radius 2 is 2.18 bits per heavy atom. The minimum atomic E-state index is 0.0781. The smallest absolute Gasteiger partial charge is 0.0107 e. The molecule has 0 nitrogen and oxygen atoms in total. The first kappa shape index (κ1) is 14.2. The minimum Gasteiger partial charge on any atom is -0.178 e. The van der Waals surface area contributed by atoms with Gasteiger partial charge in [-0.1, -0.05) is 45.6 Å². The van der Waals surface area contributed by atoms with Gasteiger partial charge in [-0.25, -0.2) is 0 Å². The van der Waals surface area contributed by atoms with E-state index >= 15 is 0 Å². The predicted molar refractivity (Wildman–Crippen MR) is 80.4 cm³/mol. The van der Waals surface area contributed by atoms with Gasteiger partial charge in [0.25, 0.3) is 0 Å². The van der Waals surface area contributed by atoms with E-state index in [-0.39, 0.29) is 5.41 Å². The van der Waals surface area contributed by atoms with Crippen LogP contribution in [0.5, 0.6) is 0 Å². The molecule has 1 aliphatic rings. The van der Waals surface area contributed by atoms with Crippen molar-refractivity contribution in [1.82, 2.24) is 0 Å². The Hall–Kier alpha value is -0.910.